The lowest BCUT2D eigenvalue weighted by Crippen LogP contribution is -2.53. The molecule has 2 aliphatic rings. The lowest BCUT2D eigenvalue weighted by molar-refractivity contribution is -0.143. The van der Waals surface area contributed by atoms with Crippen LogP contribution in [0.4, 0.5) is 0 Å². The number of piperazine rings is 1. The average Bonchev–Trinajstić information content (AvgIpc) is 3.46. The van der Waals surface area contributed by atoms with Gasteiger partial charge in [-0.25, -0.2) is 0 Å². The van der Waals surface area contributed by atoms with E-state index in [0.29, 0.717) is 44.6 Å². The van der Waals surface area contributed by atoms with Gasteiger partial charge < -0.3 is 14.9 Å². The van der Waals surface area contributed by atoms with Crippen molar-refractivity contribution in [3.63, 3.8) is 0 Å². The Bertz CT molecular complexity index is 805. The molecule has 2 aromatic carbocycles. The summed E-state index contributed by atoms with van der Waals surface area (Å²) in [5.74, 6) is -0.206. The highest BCUT2D eigenvalue weighted by atomic mass is 16.3. The van der Waals surface area contributed by atoms with Crippen molar-refractivity contribution >= 4 is 11.8 Å². The number of hydrogen-bond acceptors (Lipinski definition) is 3. The van der Waals surface area contributed by atoms with E-state index in [1.165, 1.54) is 0 Å². The first-order valence-corrected chi connectivity index (χ1v) is 8.94. The summed E-state index contributed by atoms with van der Waals surface area (Å²) < 4.78 is 0. The summed E-state index contributed by atoms with van der Waals surface area (Å²) >= 11 is 0. The van der Waals surface area contributed by atoms with E-state index in [9.17, 15) is 14.7 Å². The Morgan fingerprint density at radius 1 is 0.923 bits per heavy atom. The molecule has 26 heavy (non-hydrogen) atoms. The van der Waals surface area contributed by atoms with Gasteiger partial charge in [-0.1, -0.05) is 30.3 Å². The number of aliphatic hydroxyl groups is 1. The standard InChI is InChI=1S/C21H21N2O3/c24-19(18-8-6-17(7-9-18)16-4-2-1-3-5-16)22-12-14-23(15-13-22)20(25)21(26)10-11-21/h1-2,4-9,26H,10-15H2. The first-order chi connectivity index (χ1) is 12.6. The second kappa shape index (κ2) is 6.57. The maximum Gasteiger partial charge on any atom is 0.254 e. The SMILES string of the molecule is O=C(c1ccc(-c2c[c]ccc2)cc1)N1CCN(C(=O)C2(O)CC2)CC1. The first kappa shape index (κ1) is 16.8. The van der Waals surface area contributed by atoms with E-state index < -0.39 is 5.60 Å². The Kier molecular flexibility index (Phi) is 4.24. The van der Waals surface area contributed by atoms with E-state index in [0.717, 1.165) is 11.1 Å². The zero-order valence-corrected chi connectivity index (χ0v) is 14.5. The minimum atomic E-state index is -1.13. The zero-order valence-electron chi connectivity index (χ0n) is 14.5. The fraction of sp³-hybridized carbons (Fsp3) is 0.333. The fourth-order valence-electron chi connectivity index (χ4n) is 3.30. The summed E-state index contributed by atoms with van der Waals surface area (Å²) in [5.41, 5.74) is 1.63. The van der Waals surface area contributed by atoms with E-state index in [2.05, 4.69) is 6.07 Å². The maximum atomic E-state index is 12.7. The van der Waals surface area contributed by atoms with Crippen molar-refractivity contribution in [2.24, 2.45) is 0 Å². The first-order valence-electron chi connectivity index (χ1n) is 8.94. The van der Waals surface area contributed by atoms with Crippen LogP contribution in [0.1, 0.15) is 23.2 Å². The van der Waals surface area contributed by atoms with Gasteiger partial charge in [-0.05, 0) is 48.2 Å². The summed E-state index contributed by atoms with van der Waals surface area (Å²) in [6, 6.07) is 18.3. The van der Waals surface area contributed by atoms with Gasteiger partial charge in [0.1, 0.15) is 5.60 Å². The Hall–Kier alpha value is -2.66. The number of hydrogen-bond donors (Lipinski definition) is 1. The lowest BCUT2D eigenvalue weighted by Gasteiger charge is -2.35. The zero-order chi connectivity index (χ0) is 18.1. The Morgan fingerprint density at radius 3 is 2.15 bits per heavy atom. The van der Waals surface area contributed by atoms with Gasteiger partial charge in [0.05, 0.1) is 0 Å². The molecule has 0 spiro atoms. The van der Waals surface area contributed by atoms with Crippen molar-refractivity contribution in [1.82, 2.24) is 9.80 Å². The number of carbonyl (C=O) groups excluding carboxylic acids is 2. The number of nitrogens with zero attached hydrogens (tertiary/aromatic N) is 2. The molecule has 5 heteroatoms. The second-order valence-corrected chi connectivity index (χ2v) is 6.99. The van der Waals surface area contributed by atoms with Gasteiger partial charge in [0.2, 0.25) is 0 Å². The molecule has 0 aromatic heterocycles. The van der Waals surface area contributed by atoms with Crippen LogP contribution in [0.5, 0.6) is 0 Å². The summed E-state index contributed by atoms with van der Waals surface area (Å²) in [4.78, 5) is 28.3. The summed E-state index contributed by atoms with van der Waals surface area (Å²) in [6.07, 6.45) is 1.10. The van der Waals surface area contributed by atoms with Crippen LogP contribution in [0.15, 0.2) is 48.5 Å². The smallest absolute Gasteiger partial charge is 0.254 e. The number of carbonyl (C=O) groups is 2. The van der Waals surface area contributed by atoms with E-state index in [-0.39, 0.29) is 11.8 Å². The molecule has 1 aliphatic carbocycles. The highest BCUT2D eigenvalue weighted by molar-refractivity contribution is 5.95. The van der Waals surface area contributed by atoms with Crippen LogP contribution >= 0.6 is 0 Å². The van der Waals surface area contributed by atoms with Gasteiger partial charge in [0.15, 0.2) is 0 Å². The minimum Gasteiger partial charge on any atom is -0.380 e. The van der Waals surface area contributed by atoms with Gasteiger partial charge in [-0.2, -0.15) is 0 Å². The maximum absolute atomic E-state index is 12.7. The molecule has 2 fully saturated rings. The topological polar surface area (TPSA) is 60.9 Å². The predicted molar refractivity (Wildman–Crippen MR) is 97.4 cm³/mol. The van der Waals surface area contributed by atoms with E-state index in [4.69, 9.17) is 0 Å². The molecular formula is C21H21N2O3. The summed E-state index contributed by atoms with van der Waals surface area (Å²) in [7, 11) is 0. The molecule has 1 saturated heterocycles. The van der Waals surface area contributed by atoms with Crippen LogP contribution in [0, 0.1) is 6.07 Å². The predicted octanol–water partition coefficient (Wildman–Crippen LogP) is 1.96. The largest absolute Gasteiger partial charge is 0.380 e. The van der Waals surface area contributed by atoms with Gasteiger partial charge >= 0.3 is 0 Å². The molecule has 0 unspecified atom stereocenters. The van der Waals surface area contributed by atoms with Crippen LogP contribution in [-0.2, 0) is 4.79 Å². The second-order valence-electron chi connectivity index (χ2n) is 6.99. The van der Waals surface area contributed by atoms with Crippen molar-refractivity contribution in [3.05, 3.63) is 60.2 Å². The molecule has 0 bridgehead atoms. The van der Waals surface area contributed by atoms with Crippen molar-refractivity contribution in [2.45, 2.75) is 18.4 Å². The van der Waals surface area contributed by atoms with E-state index in [1.807, 2.05) is 48.5 Å². The van der Waals surface area contributed by atoms with E-state index >= 15 is 0 Å². The molecule has 1 radical (unpaired) electrons. The van der Waals surface area contributed by atoms with E-state index in [1.54, 1.807) is 9.80 Å². The monoisotopic (exact) mass is 349 g/mol. The van der Waals surface area contributed by atoms with Gasteiger partial charge in [-0.3, -0.25) is 9.59 Å². The number of benzene rings is 2. The molecule has 133 valence electrons. The normalized spacial score (nSPS) is 18.5. The quantitative estimate of drug-likeness (QED) is 0.922. The Labute approximate surface area is 152 Å². The molecule has 1 aliphatic heterocycles. The van der Waals surface area contributed by atoms with Gasteiger partial charge in [0, 0.05) is 31.7 Å². The number of amides is 2. The van der Waals surface area contributed by atoms with Gasteiger partial charge in [-0.15, -0.1) is 0 Å². The molecular weight excluding hydrogens is 328 g/mol. The van der Waals surface area contributed by atoms with Crippen molar-refractivity contribution in [1.29, 1.82) is 0 Å². The fourth-order valence-corrected chi connectivity index (χ4v) is 3.30. The van der Waals surface area contributed by atoms with Crippen LogP contribution < -0.4 is 0 Å². The number of rotatable bonds is 3. The molecule has 5 nitrogen and oxygen atoms in total. The van der Waals surface area contributed by atoms with Gasteiger partial charge in [0.25, 0.3) is 11.8 Å². The molecule has 2 amide bonds. The molecule has 4 rings (SSSR count). The third kappa shape index (κ3) is 3.22. The highest BCUT2D eigenvalue weighted by Crippen LogP contribution is 2.37. The van der Waals surface area contributed by atoms with Crippen LogP contribution in [0.2, 0.25) is 0 Å². The Morgan fingerprint density at radius 2 is 1.58 bits per heavy atom. The van der Waals surface area contributed by atoms with Crippen LogP contribution in [-0.4, -0.2) is 58.5 Å². The average molecular weight is 349 g/mol. The third-order valence-electron chi connectivity index (χ3n) is 5.15. The molecule has 1 saturated carbocycles. The van der Waals surface area contributed by atoms with Crippen molar-refractivity contribution in [3.8, 4) is 11.1 Å². The van der Waals surface area contributed by atoms with Crippen molar-refractivity contribution < 1.29 is 14.7 Å². The molecule has 2 aromatic rings. The van der Waals surface area contributed by atoms with Crippen LogP contribution in [0.3, 0.4) is 0 Å². The highest BCUT2D eigenvalue weighted by Gasteiger charge is 2.50. The summed E-state index contributed by atoms with van der Waals surface area (Å²) in [5, 5.41) is 9.95. The van der Waals surface area contributed by atoms with Crippen LogP contribution in [0.25, 0.3) is 11.1 Å². The molecule has 1 N–H and O–H groups in total. The van der Waals surface area contributed by atoms with Crippen molar-refractivity contribution in [2.75, 3.05) is 26.2 Å². The molecule has 0 atom stereocenters. The Balaban J connectivity index is 1.38. The summed E-state index contributed by atoms with van der Waals surface area (Å²) in [6.45, 7) is 1.95. The lowest BCUT2D eigenvalue weighted by atomic mass is 10.0. The third-order valence-corrected chi connectivity index (χ3v) is 5.15. The minimum absolute atomic E-state index is 0.0200. The molecule has 1 heterocycles.